The van der Waals surface area contributed by atoms with Crippen molar-refractivity contribution in [2.75, 3.05) is 19.6 Å². The average Bonchev–Trinajstić information content (AvgIpc) is 3.11. The molecule has 1 unspecified atom stereocenters. The Morgan fingerprint density at radius 2 is 2.05 bits per heavy atom. The lowest BCUT2D eigenvalue weighted by Gasteiger charge is -2.18. The van der Waals surface area contributed by atoms with Gasteiger partial charge in [0.15, 0.2) is 11.6 Å². The van der Waals surface area contributed by atoms with Crippen LogP contribution in [0.25, 0.3) is 0 Å². The fraction of sp³-hybridized carbons (Fsp3) is 0.625. The van der Waals surface area contributed by atoms with E-state index in [-0.39, 0.29) is 11.9 Å². The number of likely N-dealkylation sites (tertiary alicyclic amines) is 1. The van der Waals surface area contributed by atoms with E-state index in [2.05, 4.69) is 4.90 Å². The van der Waals surface area contributed by atoms with Gasteiger partial charge in [-0.2, -0.15) is 0 Å². The van der Waals surface area contributed by atoms with Gasteiger partial charge in [-0.3, -0.25) is 0 Å². The van der Waals surface area contributed by atoms with Crippen LogP contribution in [-0.2, 0) is 0 Å². The van der Waals surface area contributed by atoms with Crippen molar-refractivity contribution in [2.24, 2.45) is 0 Å². The Morgan fingerprint density at radius 3 is 2.70 bits per heavy atom. The van der Waals surface area contributed by atoms with Crippen LogP contribution in [0.2, 0.25) is 0 Å². The van der Waals surface area contributed by atoms with E-state index in [1.165, 1.54) is 18.9 Å². The second-order valence-electron chi connectivity index (χ2n) is 5.86. The van der Waals surface area contributed by atoms with E-state index in [4.69, 9.17) is 4.74 Å². The van der Waals surface area contributed by atoms with E-state index >= 15 is 0 Å². The first-order valence-corrected chi connectivity index (χ1v) is 7.59. The number of benzene rings is 1. The summed E-state index contributed by atoms with van der Waals surface area (Å²) >= 11 is 0. The average molecular weight is 279 g/mol. The van der Waals surface area contributed by atoms with E-state index in [1.807, 2.05) is 0 Å². The van der Waals surface area contributed by atoms with Gasteiger partial charge in [0.2, 0.25) is 0 Å². The third kappa shape index (κ3) is 3.49. The van der Waals surface area contributed by atoms with Gasteiger partial charge in [0, 0.05) is 6.54 Å². The summed E-state index contributed by atoms with van der Waals surface area (Å²) in [5.41, 5.74) is 0.643. The highest BCUT2D eigenvalue weighted by atomic mass is 19.1. The number of aliphatic hydroxyl groups is 1. The molecule has 2 fully saturated rings. The van der Waals surface area contributed by atoms with Crippen LogP contribution in [0.15, 0.2) is 18.2 Å². The molecule has 0 spiro atoms. The molecule has 3 rings (SSSR count). The summed E-state index contributed by atoms with van der Waals surface area (Å²) in [6, 6.07) is 4.82. The fourth-order valence-electron chi connectivity index (χ4n) is 2.66. The minimum atomic E-state index is -0.597. The molecule has 0 amide bonds. The Bertz CT molecular complexity index is 456. The van der Waals surface area contributed by atoms with Crippen LogP contribution in [0.3, 0.4) is 0 Å². The number of halogens is 1. The van der Waals surface area contributed by atoms with Gasteiger partial charge in [0.05, 0.1) is 12.2 Å². The van der Waals surface area contributed by atoms with Gasteiger partial charge in [0.25, 0.3) is 0 Å². The summed E-state index contributed by atoms with van der Waals surface area (Å²) in [6.45, 7) is 3.12. The Balaban J connectivity index is 1.56. The van der Waals surface area contributed by atoms with Gasteiger partial charge in [-0.05, 0) is 62.9 Å². The molecule has 1 aliphatic carbocycles. The smallest absolute Gasteiger partial charge is 0.165 e. The predicted molar refractivity (Wildman–Crippen MR) is 75.3 cm³/mol. The molecule has 1 atom stereocenters. The molecule has 1 aromatic carbocycles. The highest BCUT2D eigenvalue weighted by Gasteiger charge is 2.25. The van der Waals surface area contributed by atoms with Gasteiger partial charge in [-0.15, -0.1) is 0 Å². The summed E-state index contributed by atoms with van der Waals surface area (Å²) in [5.74, 6) is -0.0578. The highest BCUT2D eigenvalue weighted by molar-refractivity contribution is 5.31. The first-order chi connectivity index (χ1) is 9.72. The highest BCUT2D eigenvalue weighted by Crippen LogP contribution is 2.30. The molecule has 0 bridgehead atoms. The SMILES string of the molecule is OC(CCN1CCCC1)c1ccc(OC2CC2)c(F)c1. The van der Waals surface area contributed by atoms with E-state index < -0.39 is 6.10 Å². The van der Waals surface area contributed by atoms with Crippen molar-refractivity contribution in [1.29, 1.82) is 0 Å². The molecular weight excluding hydrogens is 257 g/mol. The van der Waals surface area contributed by atoms with Gasteiger partial charge in [-0.1, -0.05) is 6.07 Å². The Labute approximate surface area is 119 Å². The first kappa shape index (κ1) is 13.8. The molecule has 4 heteroatoms. The largest absolute Gasteiger partial charge is 0.487 e. The second kappa shape index (κ2) is 6.10. The third-order valence-electron chi connectivity index (χ3n) is 4.08. The molecule has 1 N–H and O–H groups in total. The van der Waals surface area contributed by atoms with E-state index in [0.717, 1.165) is 32.5 Å². The zero-order valence-electron chi connectivity index (χ0n) is 11.7. The molecule has 0 radical (unpaired) electrons. The molecule has 110 valence electrons. The van der Waals surface area contributed by atoms with Crippen molar-refractivity contribution >= 4 is 0 Å². The van der Waals surface area contributed by atoms with E-state index in [9.17, 15) is 9.50 Å². The van der Waals surface area contributed by atoms with Crippen LogP contribution in [0.4, 0.5) is 4.39 Å². The summed E-state index contributed by atoms with van der Waals surface area (Å²) < 4.78 is 19.4. The molecule has 2 aliphatic rings. The molecule has 20 heavy (non-hydrogen) atoms. The van der Waals surface area contributed by atoms with Crippen LogP contribution in [0.5, 0.6) is 5.75 Å². The number of rotatable bonds is 6. The van der Waals surface area contributed by atoms with Crippen LogP contribution < -0.4 is 4.74 Å². The molecular formula is C16H22FNO2. The molecule has 1 heterocycles. The van der Waals surface area contributed by atoms with Crippen molar-refractivity contribution in [3.63, 3.8) is 0 Å². The van der Waals surface area contributed by atoms with Crippen molar-refractivity contribution in [3.05, 3.63) is 29.6 Å². The minimum Gasteiger partial charge on any atom is -0.487 e. The van der Waals surface area contributed by atoms with Gasteiger partial charge < -0.3 is 14.7 Å². The van der Waals surface area contributed by atoms with Crippen molar-refractivity contribution in [1.82, 2.24) is 4.90 Å². The predicted octanol–water partition coefficient (Wildman–Crippen LogP) is 2.89. The summed E-state index contributed by atoms with van der Waals surface area (Å²) in [4.78, 5) is 2.35. The van der Waals surface area contributed by atoms with Gasteiger partial charge >= 0.3 is 0 Å². The molecule has 3 nitrogen and oxygen atoms in total. The molecule has 0 aromatic heterocycles. The number of hydrogen-bond acceptors (Lipinski definition) is 3. The zero-order chi connectivity index (χ0) is 13.9. The number of ether oxygens (including phenoxy) is 1. The standard InChI is InChI=1S/C16H22FNO2/c17-14-11-12(3-6-16(14)20-13-4-5-13)15(19)7-10-18-8-1-2-9-18/h3,6,11,13,15,19H,1-2,4-5,7-10H2. The monoisotopic (exact) mass is 279 g/mol. The maximum absolute atomic E-state index is 13.9. The van der Waals surface area contributed by atoms with Crippen molar-refractivity contribution in [2.45, 2.75) is 44.3 Å². The minimum absolute atomic E-state index is 0.190. The number of hydrogen-bond donors (Lipinski definition) is 1. The van der Waals surface area contributed by atoms with E-state index in [1.54, 1.807) is 12.1 Å². The normalized spacial score (nSPS) is 21.1. The van der Waals surface area contributed by atoms with Gasteiger partial charge in [0.1, 0.15) is 0 Å². The summed E-state index contributed by atoms with van der Waals surface area (Å²) in [7, 11) is 0. The summed E-state index contributed by atoms with van der Waals surface area (Å²) in [6.07, 6.45) is 4.77. The third-order valence-corrected chi connectivity index (χ3v) is 4.08. The lowest BCUT2D eigenvalue weighted by Crippen LogP contribution is -2.22. The van der Waals surface area contributed by atoms with Crippen molar-refractivity contribution < 1.29 is 14.2 Å². The summed E-state index contributed by atoms with van der Waals surface area (Å²) in [5, 5.41) is 10.2. The lowest BCUT2D eigenvalue weighted by atomic mass is 10.1. The number of nitrogens with zero attached hydrogens (tertiary/aromatic N) is 1. The topological polar surface area (TPSA) is 32.7 Å². The fourth-order valence-corrected chi connectivity index (χ4v) is 2.66. The zero-order valence-corrected chi connectivity index (χ0v) is 11.7. The maximum atomic E-state index is 13.9. The van der Waals surface area contributed by atoms with Crippen LogP contribution in [0.1, 0.15) is 43.8 Å². The van der Waals surface area contributed by atoms with Crippen molar-refractivity contribution in [3.8, 4) is 5.75 Å². The Hall–Kier alpha value is -1.13. The second-order valence-corrected chi connectivity index (χ2v) is 5.86. The van der Waals surface area contributed by atoms with Crippen LogP contribution in [-0.4, -0.2) is 35.7 Å². The first-order valence-electron chi connectivity index (χ1n) is 7.59. The Kier molecular flexibility index (Phi) is 4.22. The van der Waals surface area contributed by atoms with E-state index in [0.29, 0.717) is 17.7 Å². The maximum Gasteiger partial charge on any atom is 0.165 e. The van der Waals surface area contributed by atoms with Gasteiger partial charge in [-0.25, -0.2) is 4.39 Å². The number of aliphatic hydroxyl groups excluding tert-OH is 1. The van der Waals surface area contributed by atoms with Crippen LogP contribution in [0, 0.1) is 5.82 Å². The molecule has 1 saturated heterocycles. The molecule has 1 saturated carbocycles. The molecule has 1 aliphatic heterocycles. The Morgan fingerprint density at radius 1 is 1.30 bits per heavy atom. The van der Waals surface area contributed by atoms with Crippen LogP contribution >= 0.6 is 0 Å². The molecule has 1 aromatic rings. The quantitative estimate of drug-likeness (QED) is 0.869. The lowest BCUT2D eigenvalue weighted by molar-refractivity contribution is 0.148.